The van der Waals surface area contributed by atoms with E-state index in [-0.39, 0.29) is 18.2 Å². The van der Waals surface area contributed by atoms with Gasteiger partial charge >= 0.3 is 5.97 Å². The third-order valence-electron chi connectivity index (χ3n) is 5.72. The highest BCUT2D eigenvalue weighted by Crippen LogP contribution is 2.43. The lowest BCUT2D eigenvalue weighted by Crippen LogP contribution is -2.04. The van der Waals surface area contributed by atoms with E-state index >= 15 is 0 Å². The van der Waals surface area contributed by atoms with Crippen molar-refractivity contribution >= 4 is 11.6 Å². The molecule has 1 fully saturated rings. The van der Waals surface area contributed by atoms with Crippen LogP contribution in [0.15, 0.2) is 42.9 Å². The minimum absolute atomic E-state index is 0.142. The molecule has 0 radical (unpaired) electrons. The molecule has 3 aromatic heterocycles. The van der Waals surface area contributed by atoms with E-state index in [1.165, 1.54) is 18.2 Å². The van der Waals surface area contributed by atoms with Crippen molar-refractivity contribution in [1.82, 2.24) is 19.2 Å². The number of fused-ring (bicyclic) bond motifs is 1. The molecule has 1 N–H and O–H groups in total. The Morgan fingerprint density at radius 3 is 2.69 bits per heavy atom. The fourth-order valence-electron chi connectivity index (χ4n) is 4.01. The quantitative estimate of drug-likeness (QED) is 0.485. The molecule has 2 atom stereocenters. The van der Waals surface area contributed by atoms with Crippen molar-refractivity contribution in [3.8, 4) is 17.0 Å². The summed E-state index contributed by atoms with van der Waals surface area (Å²) in [5, 5.41) is 13.5. The van der Waals surface area contributed by atoms with Gasteiger partial charge in [0.2, 0.25) is 0 Å². The Morgan fingerprint density at radius 1 is 1.25 bits per heavy atom. The van der Waals surface area contributed by atoms with Crippen LogP contribution in [0.5, 0.6) is 5.75 Å². The van der Waals surface area contributed by atoms with Crippen LogP contribution in [0, 0.1) is 31.4 Å². The van der Waals surface area contributed by atoms with E-state index in [0.717, 1.165) is 22.5 Å². The molecular weight excluding hydrogens is 418 g/mol. The average Bonchev–Trinajstić information content (AvgIpc) is 3.29. The number of rotatable bonds is 6. The van der Waals surface area contributed by atoms with Crippen molar-refractivity contribution in [2.24, 2.45) is 5.92 Å². The number of aryl methyl sites for hydroxylation is 2. The molecule has 1 aliphatic carbocycles. The molecule has 0 bridgehead atoms. The molecule has 0 spiro atoms. The average molecular weight is 438 g/mol. The zero-order valence-corrected chi connectivity index (χ0v) is 17.4. The summed E-state index contributed by atoms with van der Waals surface area (Å²) in [6, 6.07) is 5.33. The molecular formula is C23H20F2N4O3. The number of imidazole rings is 1. The van der Waals surface area contributed by atoms with Gasteiger partial charge in [0.15, 0.2) is 11.4 Å². The summed E-state index contributed by atoms with van der Waals surface area (Å²) < 4.78 is 37.3. The number of carboxylic acids is 1. The van der Waals surface area contributed by atoms with Gasteiger partial charge in [0.25, 0.3) is 0 Å². The number of hydrogen-bond acceptors (Lipinski definition) is 4. The van der Waals surface area contributed by atoms with Crippen LogP contribution in [0.3, 0.4) is 0 Å². The van der Waals surface area contributed by atoms with Gasteiger partial charge < -0.3 is 9.84 Å². The van der Waals surface area contributed by atoms with Crippen molar-refractivity contribution in [3.63, 3.8) is 0 Å². The number of pyridine rings is 1. The first-order valence-corrected chi connectivity index (χ1v) is 10.2. The molecule has 0 aliphatic heterocycles. The third kappa shape index (κ3) is 3.39. The summed E-state index contributed by atoms with van der Waals surface area (Å²) in [6.07, 6.45) is 5.97. The van der Waals surface area contributed by atoms with Gasteiger partial charge in [-0.3, -0.25) is 13.9 Å². The monoisotopic (exact) mass is 438 g/mol. The van der Waals surface area contributed by atoms with Crippen molar-refractivity contribution in [3.05, 3.63) is 71.3 Å². The molecule has 3 heterocycles. The second-order valence-electron chi connectivity index (χ2n) is 8.07. The van der Waals surface area contributed by atoms with Gasteiger partial charge in [-0.05, 0) is 44.0 Å². The van der Waals surface area contributed by atoms with Crippen LogP contribution in [0.4, 0.5) is 8.78 Å². The number of carbonyl (C=O) groups is 1. The van der Waals surface area contributed by atoms with Crippen LogP contribution in [-0.2, 0) is 11.4 Å². The van der Waals surface area contributed by atoms with Gasteiger partial charge in [-0.2, -0.15) is 5.10 Å². The van der Waals surface area contributed by atoms with E-state index in [1.54, 1.807) is 16.9 Å². The molecule has 0 amide bonds. The van der Waals surface area contributed by atoms with Gasteiger partial charge in [-0.15, -0.1) is 0 Å². The fourth-order valence-corrected chi connectivity index (χ4v) is 4.01. The molecule has 32 heavy (non-hydrogen) atoms. The molecule has 2 unspecified atom stereocenters. The molecule has 1 aromatic carbocycles. The first-order chi connectivity index (χ1) is 15.3. The lowest BCUT2D eigenvalue weighted by molar-refractivity contribution is -0.138. The largest absolute Gasteiger partial charge is 0.485 e. The number of aliphatic carboxylic acids is 1. The molecule has 164 valence electrons. The Hall–Kier alpha value is -3.75. The number of hydrogen-bond donors (Lipinski definition) is 1. The Morgan fingerprint density at radius 2 is 2.00 bits per heavy atom. The number of benzene rings is 1. The summed E-state index contributed by atoms with van der Waals surface area (Å²) in [7, 11) is 0. The highest BCUT2D eigenvalue weighted by atomic mass is 19.1. The smallest absolute Gasteiger partial charge is 0.308 e. The van der Waals surface area contributed by atoms with Crippen LogP contribution in [-0.4, -0.2) is 30.2 Å². The maximum Gasteiger partial charge on any atom is 0.308 e. The lowest BCUT2D eigenvalue weighted by Gasteiger charge is -2.11. The fraction of sp³-hybridized carbons (Fsp3) is 0.261. The van der Waals surface area contributed by atoms with Crippen LogP contribution in [0.1, 0.15) is 29.3 Å². The van der Waals surface area contributed by atoms with E-state index < -0.39 is 23.5 Å². The predicted molar refractivity (Wildman–Crippen MR) is 111 cm³/mol. The van der Waals surface area contributed by atoms with E-state index in [9.17, 15) is 18.7 Å². The van der Waals surface area contributed by atoms with Crippen molar-refractivity contribution in [2.75, 3.05) is 0 Å². The number of halogens is 2. The summed E-state index contributed by atoms with van der Waals surface area (Å²) in [5.74, 6) is -2.15. The predicted octanol–water partition coefficient (Wildman–Crippen LogP) is 4.32. The first kappa shape index (κ1) is 20.2. The molecule has 1 saturated carbocycles. The van der Waals surface area contributed by atoms with Gasteiger partial charge in [0.05, 0.1) is 35.1 Å². The molecule has 9 heteroatoms. The van der Waals surface area contributed by atoms with Crippen LogP contribution >= 0.6 is 0 Å². The van der Waals surface area contributed by atoms with E-state index in [4.69, 9.17) is 4.74 Å². The topological polar surface area (TPSA) is 81.7 Å². The normalized spacial score (nSPS) is 17.6. The van der Waals surface area contributed by atoms with Crippen LogP contribution in [0.25, 0.3) is 16.9 Å². The lowest BCUT2D eigenvalue weighted by atomic mass is 10.2. The zero-order chi connectivity index (χ0) is 22.6. The van der Waals surface area contributed by atoms with E-state index in [1.807, 2.05) is 30.6 Å². The molecule has 5 rings (SSSR count). The van der Waals surface area contributed by atoms with Crippen molar-refractivity contribution in [1.29, 1.82) is 0 Å². The van der Waals surface area contributed by atoms with Gasteiger partial charge in [0, 0.05) is 18.0 Å². The van der Waals surface area contributed by atoms with Gasteiger partial charge in [-0.1, -0.05) is 6.07 Å². The zero-order valence-electron chi connectivity index (χ0n) is 17.4. The molecule has 1 aliphatic rings. The highest BCUT2D eigenvalue weighted by Gasteiger charge is 2.45. The third-order valence-corrected chi connectivity index (χ3v) is 5.72. The first-order valence-electron chi connectivity index (χ1n) is 10.2. The summed E-state index contributed by atoms with van der Waals surface area (Å²) in [4.78, 5) is 15.8. The van der Waals surface area contributed by atoms with Gasteiger partial charge in [-0.25, -0.2) is 13.8 Å². The minimum atomic E-state index is -0.818. The highest BCUT2D eigenvalue weighted by molar-refractivity contribution is 5.74. The number of ether oxygens (including phenoxy) is 1. The summed E-state index contributed by atoms with van der Waals surface area (Å²) in [5.41, 5.74) is 3.56. The number of nitrogens with zero attached hydrogens (tertiary/aromatic N) is 4. The Labute approximate surface area is 181 Å². The standard InChI is InChI=1S/C23H20F2N4O3/c1-12-6-20(32-11-16-17(24)4-3-5-18(16)25)22-27-13(2)21(28(22)9-12)14-8-26-29(10-14)19-7-15(19)23(30)31/h3-6,8-10,15,19H,7,11H2,1-2H3,(H,30,31). The number of aromatic nitrogens is 4. The minimum Gasteiger partial charge on any atom is -0.485 e. The van der Waals surface area contributed by atoms with Crippen molar-refractivity contribution < 1.29 is 23.4 Å². The Balaban J connectivity index is 1.50. The Kier molecular flexibility index (Phi) is 4.69. The van der Waals surface area contributed by atoms with E-state index in [0.29, 0.717) is 17.8 Å². The SMILES string of the molecule is Cc1cc(OCc2c(F)cccc2F)c2nc(C)c(-c3cnn(C4CC4C(=O)O)c3)n2c1. The van der Waals surface area contributed by atoms with Gasteiger partial charge in [0.1, 0.15) is 18.2 Å². The summed E-state index contributed by atoms with van der Waals surface area (Å²) >= 11 is 0. The molecule has 4 aromatic rings. The van der Waals surface area contributed by atoms with Crippen molar-refractivity contribution in [2.45, 2.75) is 32.9 Å². The summed E-state index contributed by atoms with van der Waals surface area (Å²) in [6.45, 7) is 3.47. The Bertz CT molecular complexity index is 1340. The van der Waals surface area contributed by atoms with Crippen LogP contribution < -0.4 is 4.74 Å². The maximum absolute atomic E-state index is 14.0. The number of carboxylic acid groups (broad SMARTS) is 1. The molecule has 7 nitrogen and oxygen atoms in total. The maximum atomic E-state index is 14.0. The molecule has 0 saturated heterocycles. The van der Waals surface area contributed by atoms with E-state index in [2.05, 4.69) is 10.1 Å². The second-order valence-corrected chi connectivity index (χ2v) is 8.07. The second kappa shape index (κ2) is 7.44. The van der Waals surface area contributed by atoms with Crippen LogP contribution in [0.2, 0.25) is 0 Å².